The van der Waals surface area contributed by atoms with Gasteiger partial charge in [-0.1, -0.05) is 25.3 Å². The van der Waals surface area contributed by atoms with Crippen LogP contribution in [-0.4, -0.2) is 83.0 Å². The molecule has 2 aliphatic heterocycles. The summed E-state index contributed by atoms with van der Waals surface area (Å²) >= 11 is 0. The molecule has 4 aliphatic rings. The molecule has 2 saturated carbocycles. The average Bonchev–Trinajstić information content (AvgIpc) is 3.68. The first-order valence-electron chi connectivity index (χ1n) is 17.9. The van der Waals surface area contributed by atoms with Crippen molar-refractivity contribution in [3.8, 4) is 11.6 Å². The highest BCUT2D eigenvalue weighted by Gasteiger charge is 2.67. The van der Waals surface area contributed by atoms with Crippen LogP contribution in [0.25, 0.3) is 10.8 Å². The van der Waals surface area contributed by atoms with E-state index in [4.69, 9.17) is 18.7 Å². The molecule has 2 aliphatic carbocycles. The van der Waals surface area contributed by atoms with Crippen molar-refractivity contribution in [1.82, 2.24) is 20.5 Å². The zero-order valence-corrected chi connectivity index (χ0v) is 29.8. The summed E-state index contributed by atoms with van der Waals surface area (Å²) in [6, 6.07) is 3.88. The molecule has 272 valence electrons. The van der Waals surface area contributed by atoms with Crippen molar-refractivity contribution in [2.24, 2.45) is 11.8 Å². The van der Waals surface area contributed by atoms with Crippen LogP contribution in [0.1, 0.15) is 76.7 Å². The Kier molecular flexibility index (Phi) is 11.0. The van der Waals surface area contributed by atoms with Crippen LogP contribution in [0.2, 0.25) is 0 Å². The maximum Gasteiger partial charge on any atom is 0.407 e. The van der Waals surface area contributed by atoms with Crippen molar-refractivity contribution in [1.29, 1.82) is 0 Å². The van der Waals surface area contributed by atoms with Crippen LogP contribution in [0.5, 0.6) is 11.6 Å². The van der Waals surface area contributed by atoms with Gasteiger partial charge in [0.15, 0.2) is 0 Å². The van der Waals surface area contributed by atoms with Gasteiger partial charge in [-0.2, -0.15) is 0 Å². The third kappa shape index (κ3) is 7.36. The third-order valence-corrected chi connectivity index (χ3v) is 12.9. The van der Waals surface area contributed by atoms with E-state index in [2.05, 4.69) is 22.2 Å². The summed E-state index contributed by atoms with van der Waals surface area (Å²) in [4.78, 5) is 58.9. The van der Waals surface area contributed by atoms with Crippen LogP contribution in [0.4, 0.5) is 4.79 Å². The first-order valence-corrected chi connectivity index (χ1v) is 19.5. The lowest BCUT2D eigenvalue weighted by Gasteiger charge is -2.35. The molecule has 13 nitrogen and oxygen atoms in total. The summed E-state index contributed by atoms with van der Waals surface area (Å²) in [7, 11) is -2.67. The molecule has 3 N–H and O–H groups in total. The van der Waals surface area contributed by atoms with Crippen molar-refractivity contribution < 1.29 is 42.6 Å². The van der Waals surface area contributed by atoms with E-state index in [1.54, 1.807) is 20.2 Å². The Morgan fingerprint density at radius 3 is 2.72 bits per heavy atom. The smallest absolute Gasteiger partial charge is 0.407 e. The Balaban J connectivity index is 1.37. The molecule has 50 heavy (non-hydrogen) atoms. The van der Waals surface area contributed by atoms with Gasteiger partial charge in [-0.05, 0) is 86.9 Å². The predicted octanol–water partition coefficient (Wildman–Crippen LogP) is 5.23. The lowest BCUT2D eigenvalue weighted by atomic mass is 9.83. The van der Waals surface area contributed by atoms with Crippen LogP contribution >= 0.6 is 7.60 Å². The fraction of sp³-hybridized carbons (Fsp3) is 0.611. The first-order chi connectivity index (χ1) is 24.1. The number of rotatable bonds is 8. The minimum absolute atomic E-state index is 0.0182. The second kappa shape index (κ2) is 15.3. The minimum atomic E-state index is -4.30. The number of carbonyl (C=O) groups excluding carboxylic acids is 3. The number of hydrogen-bond donors (Lipinski definition) is 3. The van der Waals surface area contributed by atoms with Gasteiger partial charge in [-0.25, -0.2) is 9.78 Å². The van der Waals surface area contributed by atoms with Crippen LogP contribution in [0, 0.1) is 11.8 Å². The maximum absolute atomic E-state index is 14.6. The number of nitrogens with zero attached hydrogens (tertiary/aromatic N) is 2. The van der Waals surface area contributed by atoms with E-state index in [1.165, 1.54) is 11.0 Å². The fourth-order valence-corrected chi connectivity index (χ4v) is 9.65. The van der Waals surface area contributed by atoms with E-state index in [1.807, 2.05) is 18.2 Å². The molecule has 0 radical (unpaired) electrons. The zero-order chi connectivity index (χ0) is 35.5. The van der Waals surface area contributed by atoms with Gasteiger partial charge in [-0.15, -0.1) is 6.58 Å². The normalized spacial score (nSPS) is 29.1. The fourth-order valence-electron chi connectivity index (χ4n) is 7.87. The quantitative estimate of drug-likeness (QED) is 0.244. The summed E-state index contributed by atoms with van der Waals surface area (Å²) in [5.41, 5.74) is 0.989. The largest absolute Gasteiger partial charge is 0.496 e. The molecule has 3 unspecified atom stereocenters. The molecule has 3 amide bonds. The number of fused-ring (bicyclic) bond motifs is 3. The molecule has 1 aromatic carbocycles. The van der Waals surface area contributed by atoms with Gasteiger partial charge in [0, 0.05) is 23.9 Å². The highest BCUT2D eigenvalue weighted by molar-refractivity contribution is 7.55. The van der Waals surface area contributed by atoms with E-state index < -0.39 is 54.9 Å². The van der Waals surface area contributed by atoms with Crippen LogP contribution in [0.3, 0.4) is 0 Å². The van der Waals surface area contributed by atoms with Crippen LogP contribution in [0.15, 0.2) is 37.1 Å². The number of pyridine rings is 1. The number of aryl methyl sites for hydroxylation is 1. The molecule has 4 bridgehead atoms. The van der Waals surface area contributed by atoms with Crippen molar-refractivity contribution in [2.75, 3.05) is 26.9 Å². The Morgan fingerprint density at radius 2 is 2.00 bits per heavy atom. The number of methoxy groups -OCH3 is 1. The standard InChI is InChI=1S/C36H49N4O9P/c1-4-26-21-36(26,50(44,45)48-5-2)39-32(41)29-20-27-22-40(29)34(42)31(23-12-8-6-9-13-23)38-35(43)47-17-11-7-10-14-25-18-28-24(19-30(25)46-3)15-16-37-33(28)49-27/h4,15-16,18-19,23,26-27,29,31H,1,5-14,17,20-22H2,2-3H3,(H,38,43)(H,39,41)(H,44,45)/t26?,27-,29+,31+,36?/m1/s1. The van der Waals surface area contributed by atoms with Crippen molar-refractivity contribution >= 4 is 36.3 Å². The number of amides is 3. The average molecular weight is 713 g/mol. The van der Waals surface area contributed by atoms with Crippen molar-refractivity contribution in [3.05, 3.63) is 42.6 Å². The topological polar surface area (TPSA) is 166 Å². The Hall–Kier alpha value is -3.67. The molecule has 6 rings (SSSR count). The predicted molar refractivity (Wildman–Crippen MR) is 186 cm³/mol. The Labute approximate surface area is 293 Å². The maximum atomic E-state index is 14.6. The number of carbonyl (C=O) groups is 3. The number of hydrogen-bond acceptors (Lipinski definition) is 9. The first kappa shape index (κ1) is 36.1. The zero-order valence-electron chi connectivity index (χ0n) is 28.9. The van der Waals surface area contributed by atoms with Gasteiger partial charge >= 0.3 is 13.7 Å². The van der Waals surface area contributed by atoms with Gasteiger partial charge in [0.25, 0.3) is 0 Å². The van der Waals surface area contributed by atoms with E-state index in [0.29, 0.717) is 12.3 Å². The number of benzene rings is 1. The van der Waals surface area contributed by atoms with E-state index in [9.17, 15) is 23.8 Å². The van der Waals surface area contributed by atoms with Gasteiger partial charge in [-0.3, -0.25) is 14.2 Å². The molecule has 3 fully saturated rings. The summed E-state index contributed by atoms with van der Waals surface area (Å²) in [6.07, 6.45) is 9.60. The molecular formula is C36H49N4O9P. The van der Waals surface area contributed by atoms with E-state index >= 15 is 0 Å². The monoisotopic (exact) mass is 712 g/mol. The number of nitrogens with one attached hydrogen (secondary N) is 2. The number of aromatic nitrogens is 1. The van der Waals surface area contributed by atoms with Crippen LogP contribution in [-0.2, 0) is 29.8 Å². The SMILES string of the molecule is C=CC1CC1(NC(=O)[C@@H]1C[C@@H]2CN1C(=O)[C@H](C1CCCCC1)NC(=O)OCCCCCc1cc3c(nccc3cc1OC)O2)P(=O)(O)OCC. The molecule has 14 heteroatoms. The van der Waals surface area contributed by atoms with Gasteiger partial charge in [0.1, 0.15) is 29.2 Å². The summed E-state index contributed by atoms with van der Waals surface area (Å²) in [5.74, 6) is -0.507. The summed E-state index contributed by atoms with van der Waals surface area (Å²) < 4.78 is 36.4. The second-order valence-corrected chi connectivity index (χ2v) is 15.9. The summed E-state index contributed by atoms with van der Waals surface area (Å²) in [6.45, 7) is 5.62. The summed E-state index contributed by atoms with van der Waals surface area (Å²) in [5, 5.41) is 5.80. The van der Waals surface area contributed by atoms with Crippen molar-refractivity contribution in [2.45, 2.75) is 101 Å². The third-order valence-electron chi connectivity index (χ3n) is 10.7. The minimum Gasteiger partial charge on any atom is -0.496 e. The van der Waals surface area contributed by atoms with E-state index in [-0.39, 0.29) is 38.5 Å². The van der Waals surface area contributed by atoms with Gasteiger partial charge in [0.2, 0.25) is 17.7 Å². The van der Waals surface area contributed by atoms with Crippen molar-refractivity contribution in [3.63, 3.8) is 0 Å². The van der Waals surface area contributed by atoms with E-state index in [0.717, 1.165) is 73.5 Å². The molecule has 0 spiro atoms. The molecule has 3 heterocycles. The Morgan fingerprint density at radius 1 is 1.22 bits per heavy atom. The lowest BCUT2D eigenvalue weighted by Crippen LogP contribution is -2.57. The van der Waals surface area contributed by atoms with Gasteiger partial charge in [0.05, 0.1) is 26.9 Å². The number of alkyl carbamates (subject to hydrolysis) is 1. The lowest BCUT2D eigenvalue weighted by molar-refractivity contribution is -0.141. The highest BCUT2D eigenvalue weighted by Crippen LogP contribution is 2.70. The number of ether oxygens (including phenoxy) is 3. The second-order valence-electron chi connectivity index (χ2n) is 13.8. The molecule has 6 atom stereocenters. The molecule has 1 aromatic heterocycles. The van der Waals surface area contributed by atoms with Gasteiger partial charge < -0.3 is 39.2 Å². The Bertz CT molecular complexity index is 1650. The van der Waals surface area contributed by atoms with Crippen LogP contribution < -0.4 is 20.1 Å². The molecule has 2 aromatic rings. The molecule has 1 saturated heterocycles. The highest BCUT2D eigenvalue weighted by atomic mass is 31.2. The number of cyclic esters (lactones) is 1. The molecular weight excluding hydrogens is 663 g/mol.